The van der Waals surface area contributed by atoms with E-state index >= 15 is 0 Å². The monoisotopic (exact) mass is 379 g/mol. The number of aryl methyl sites for hydroxylation is 1. The fraction of sp³-hybridized carbons (Fsp3) is 0.300. The molecule has 1 unspecified atom stereocenters. The topological polar surface area (TPSA) is 66.4 Å². The molecular weight excluding hydrogens is 359 g/mol. The van der Waals surface area contributed by atoms with Crippen LogP contribution in [0.25, 0.3) is 0 Å². The Labute approximate surface area is 155 Å². The van der Waals surface area contributed by atoms with Gasteiger partial charge in [0.05, 0.1) is 6.04 Å². The van der Waals surface area contributed by atoms with E-state index in [1.54, 1.807) is 24.3 Å². The summed E-state index contributed by atoms with van der Waals surface area (Å²) >= 11 is 0. The molecule has 2 aromatic carbocycles. The molecule has 0 saturated carbocycles. The lowest BCUT2D eigenvalue weighted by Crippen LogP contribution is -2.29. The lowest BCUT2D eigenvalue weighted by atomic mass is 10.0. The third kappa shape index (κ3) is 7.13. The third-order valence-electron chi connectivity index (χ3n) is 4.07. The summed E-state index contributed by atoms with van der Waals surface area (Å²) in [7, 11) is 0. The van der Waals surface area contributed by atoms with Gasteiger partial charge in [-0.3, -0.25) is 9.59 Å². The number of carbonyl (C=O) groups is 2. The Morgan fingerprint density at radius 2 is 1.63 bits per heavy atom. The predicted octanol–water partition coefficient (Wildman–Crippen LogP) is 4.52. The number of rotatable bonds is 8. The highest BCUT2D eigenvalue weighted by Gasteiger charge is 2.26. The molecule has 0 bridgehead atoms. The van der Waals surface area contributed by atoms with Crippen molar-refractivity contribution >= 4 is 11.9 Å². The molecule has 144 valence electrons. The van der Waals surface area contributed by atoms with E-state index in [2.05, 4.69) is 5.32 Å². The van der Waals surface area contributed by atoms with Gasteiger partial charge < -0.3 is 10.4 Å². The molecule has 2 rings (SSSR count). The summed E-state index contributed by atoms with van der Waals surface area (Å²) in [6.45, 7) is 0. The number of halogens is 3. The number of hydrogen-bond donors (Lipinski definition) is 2. The second-order valence-electron chi connectivity index (χ2n) is 6.18. The van der Waals surface area contributed by atoms with Crippen molar-refractivity contribution in [2.45, 2.75) is 37.9 Å². The summed E-state index contributed by atoms with van der Waals surface area (Å²) in [5.74, 6) is -1.36. The van der Waals surface area contributed by atoms with Crippen molar-refractivity contribution < 1.29 is 27.9 Å². The first kappa shape index (κ1) is 20.5. The lowest BCUT2D eigenvalue weighted by molar-refractivity contribution is -0.137. The Morgan fingerprint density at radius 3 is 2.19 bits per heavy atom. The van der Waals surface area contributed by atoms with Gasteiger partial charge in [0.15, 0.2) is 0 Å². The molecule has 0 radical (unpaired) electrons. The van der Waals surface area contributed by atoms with Gasteiger partial charge >= 0.3 is 12.1 Å². The number of carboxylic acids is 1. The molecule has 0 saturated heterocycles. The van der Waals surface area contributed by atoms with E-state index < -0.39 is 30.5 Å². The van der Waals surface area contributed by atoms with Crippen LogP contribution in [0.1, 0.15) is 46.8 Å². The van der Waals surface area contributed by atoms with Crippen LogP contribution in [-0.4, -0.2) is 23.2 Å². The number of nitrogens with one attached hydrogen (secondary N) is 1. The summed E-state index contributed by atoms with van der Waals surface area (Å²) in [6, 6.07) is 14.5. The van der Waals surface area contributed by atoms with E-state index in [0.717, 1.165) is 5.56 Å². The van der Waals surface area contributed by atoms with Crippen LogP contribution in [0.5, 0.6) is 0 Å². The second kappa shape index (κ2) is 9.21. The molecule has 2 N–H and O–H groups in total. The highest BCUT2D eigenvalue weighted by Crippen LogP contribution is 2.23. The molecule has 0 spiro atoms. The minimum atomic E-state index is -4.22. The van der Waals surface area contributed by atoms with Gasteiger partial charge in [-0.15, -0.1) is 0 Å². The molecule has 0 aliphatic rings. The molecule has 4 nitrogen and oxygen atoms in total. The first-order valence-corrected chi connectivity index (χ1v) is 8.48. The van der Waals surface area contributed by atoms with Gasteiger partial charge in [0, 0.05) is 18.4 Å². The maximum atomic E-state index is 12.5. The number of alkyl halides is 3. The van der Waals surface area contributed by atoms with Crippen molar-refractivity contribution in [2.24, 2.45) is 0 Å². The average Bonchev–Trinajstić information content (AvgIpc) is 2.63. The lowest BCUT2D eigenvalue weighted by Gasteiger charge is -2.19. The normalized spacial score (nSPS) is 12.4. The van der Waals surface area contributed by atoms with Crippen molar-refractivity contribution in [2.75, 3.05) is 0 Å². The maximum absolute atomic E-state index is 12.5. The molecule has 0 aromatic heterocycles. The molecule has 2 aromatic rings. The number of aliphatic carboxylic acids is 1. The second-order valence-corrected chi connectivity index (χ2v) is 6.18. The average molecular weight is 379 g/mol. The van der Waals surface area contributed by atoms with Gasteiger partial charge in [-0.1, -0.05) is 42.5 Å². The predicted molar refractivity (Wildman–Crippen MR) is 94.3 cm³/mol. The third-order valence-corrected chi connectivity index (χ3v) is 4.07. The largest absolute Gasteiger partial charge is 0.481 e. The van der Waals surface area contributed by atoms with E-state index in [1.165, 1.54) is 24.3 Å². The quantitative estimate of drug-likeness (QED) is 0.709. The number of benzene rings is 2. The molecule has 0 aliphatic heterocycles. The van der Waals surface area contributed by atoms with Crippen LogP contribution in [0.3, 0.4) is 0 Å². The summed E-state index contributed by atoms with van der Waals surface area (Å²) in [4.78, 5) is 23.3. The summed E-state index contributed by atoms with van der Waals surface area (Å²) in [6.07, 6.45) is -5.14. The van der Waals surface area contributed by atoms with Gasteiger partial charge in [0.2, 0.25) is 0 Å². The Balaban J connectivity index is 2.04. The van der Waals surface area contributed by atoms with Crippen molar-refractivity contribution in [3.63, 3.8) is 0 Å². The zero-order valence-electron chi connectivity index (χ0n) is 14.5. The van der Waals surface area contributed by atoms with Crippen LogP contribution in [0, 0.1) is 0 Å². The standard InChI is InChI=1S/C20H20F3NO3/c21-20(22,23)13-12-14-6-8-16(9-7-14)19(27)24-17(10-11-18(25)26)15-4-2-1-3-5-15/h1-9,17H,10-13H2,(H,24,27)(H,25,26). The zero-order valence-corrected chi connectivity index (χ0v) is 14.5. The fourth-order valence-corrected chi connectivity index (χ4v) is 2.63. The van der Waals surface area contributed by atoms with Gasteiger partial charge in [-0.05, 0) is 36.1 Å². The van der Waals surface area contributed by atoms with Crippen LogP contribution in [0.4, 0.5) is 13.2 Å². The molecule has 7 heteroatoms. The Kier molecular flexibility index (Phi) is 6.98. The van der Waals surface area contributed by atoms with Crippen LogP contribution >= 0.6 is 0 Å². The first-order valence-electron chi connectivity index (χ1n) is 8.48. The minimum absolute atomic E-state index is 0.101. The smallest absolute Gasteiger partial charge is 0.389 e. The molecule has 0 fully saturated rings. The summed E-state index contributed by atoms with van der Waals surface area (Å²) < 4.78 is 36.8. The molecule has 1 amide bonds. The van der Waals surface area contributed by atoms with Crippen LogP contribution in [0.15, 0.2) is 54.6 Å². The van der Waals surface area contributed by atoms with Crippen LogP contribution in [0.2, 0.25) is 0 Å². The molecular formula is C20H20F3NO3. The van der Waals surface area contributed by atoms with Crippen molar-refractivity contribution in [3.05, 3.63) is 71.3 Å². The Bertz CT molecular complexity index is 758. The molecule has 0 heterocycles. The van der Waals surface area contributed by atoms with Crippen molar-refractivity contribution in [3.8, 4) is 0 Å². The number of carboxylic acid groups (broad SMARTS) is 1. The maximum Gasteiger partial charge on any atom is 0.389 e. The minimum Gasteiger partial charge on any atom is -0.481 e. The first-order chi connectivity index (χ1) is 12.7. The number of carbonyl (C=O) groups excluding carboxylic acids is 1. The van der Waals surface area contributed by atoms with Crippen molar-refractivity contribution in [1.82, 2.24) is 5.32 Å². The van der Waals surface area contributed by atoms with E-state index in [0.29, 0.717) is 11.1 Å². The Hall–Kier alpha value is -2.83. The van der Waals surface area contributed by atoms with Crippen LogP contribution in [-0.2, 0) is 11.2 Å². The molecule has 1 atom stereocenters. The Morgan fingerprint density at radius 1 is 1.00 bits per heavy atom. The van der Waals surface area contributed by atoms with Crippen LogP contribution < -0.4 is 5.32 Å². The number of hydrogen-bond acceptors (Lipinski definition) is 2. The SMILES string of the molecule is O=C(O)CCC(NC(=O)c1ccc(CCC(F)(F)F)cc1)c1ccccc1. The highest BCUT2D eigenvalue weighted by atomic mass is 19.4. The molecule has 27 heavy (non-hydrogen) atoms. The zero-order chi connectivity index (χ0) is 19.9. The van der Waals surface area contributed by atoms with E-state index in [-0.39, 0.29) is 19.3 Å². The van der Waals surface area contributed by atoms with E-state index in [1.807, 2.05) is 6.07 Å². The van der Waals surface area contributed by atoms with Crippen molar-refractivity contribution in [1.29, 1.82) is 0 Å². The van der Waals surface area contributed by atoms with Gasteiger partial charge in [0.25, 0.3) is 5.91 Å². The highest BCUT2D eigenvalue weighted by molar-refractivity contribution is 5.94. The van der Waals surface area contributed by atoms with Gasteiger partial charge in [-0.2, -0.15) is 13.2 Å². The summed E-state index contributed by atoms with van der Waals surface area (Å²) in [5.41, 5.74) is 1.59. The summed E-state index contributed by atoms with van der Waals surface area (Å²) in [5, 5.41) is 11.7. The van der Waals surface area contributed by atoms with Gasteiger partial charge in [-0.25, -0.2) is 0 Å². The fourth-order valence-electron chi connectivity index (χ4n) is 2.63. The number of amides is 1. The van der Waals surface area contributed by atoms with E-state index in [4.69, 9.17) is 5.11 Å². The van der Waals surface area contributed by atoms with Gasteiger partial charge in [0.1, 0.15) is 0 Å². The molecule has 0 aliphatic carbocycles. The van der Waals surface area contributed by atoms with E-state index in [9.17, 15) is 22.8 Å².